The molecule has 116 valence electrons. The first-order valence-corrected chi connectivity index (χ1v) is 10.6. The van der Waals surface area contributed by atoms with Crippen LogP contribution < -0.4 is 0 Å². The average molecular weight is 299 g/mol. The van der Waals surface area contributed by atoms with Crippen molar-refractivity contribution in [3.05, 3.63) is 0 Å². The Balaban J connectivity index is 1.88. The van der Waals surface area contributed by atoms with E-state index in [0.717, 1.165) is 25.0 Å². The summed E-state index contributed by atoms with van der Waals surface area (Å²) in [6.45, 7) is 14.0. The minimum Gasteiger partial charge on any atom is -0.416 e. The molecule has 0 bridgehead atoms. The largest absolute Gasteiger partial charge is 0.416 e. The Morgan fingerprint density at radius 3 is 2.65 bits per heavy atom. The number of hydrogen-bond acceptors (Lipinski definition) is 4. The summed E-state index contributed by atoms with van der Waals surface area (Å²) in [6.07, 6.45) is 2.20. The molecule has 3 atom stereocenters. The highest BCUT2D eigenvalue weighted by atomic mass is 28.4. The van der Waals surface area contributed by atoms with Crippen LogP contribution in [-0.4, -0.2) is 37.4 Å². The topological polar surface area (TPSA) is 51.0 Å². The second kappa shape index (κ2) is 5.11. The van der Waals surface area contributed by atoms with Crippen molar-refractivity contribution in [3.8, 4) is 0 Å². The number of nitrogens with zero attached hydrogens (tertiary/aromatic N) is 1. The fourth-order valence-corrected chi connectivity index (χ4v) is 3.86. The highest BCUT2D eigenvalue weighted by Gasteiger charge is 2.54. The minimum atomic E-state index is -1.69. The molecular weight excluding hydrogens is 270 g/mol. The molecule has 1 N–H and O–H groups in total. The van der Waals surface area contributed by atoms with Crippen molar-refractivity contribution in [1.29, 1.82) is 0 Å². The van der Waals surface area contributed by atoms with Gasteiger partial charge in [-0.1, -0.05) is 25.9 Å². The Morgan fingerprint density at radius 2 is 2.05 bits per heavy atom. The second-order valence-electron chi connectivity index (χ2n) is 7.86. The predicted molar refractivity (Wildman–Crippen MR) is 83.4 cm³/mol. The van der Waals surface area contributed by atoms with Crippen molar-refractivity contribution in [3.63, 3.8) is 0 Å². The van der Waals surface area contributed by atoms with Gasteiger partial charge in [0.05, 0.1) is 11.8 Å². The number of oxime groups is 1. The third kappa shape index (κ3) is 2.67. The SMILES string of the molecule is CC(C)(C)[Si](C)(C)OCCC1=NO[C@@]2(C)[C@@H](O)CC[C@@H]12. The fourth-order valence-electron chi connectivity index (χ4n) is 2.82. The number of aliphatic hydroxyl groups is 1. The number of rotatable bonds is 4. The van der Waals surface area contributed by atoms with Gasteiger partial charge in [-0.15, -0.1) is 0 Å². The molecule has 1 aliphatic carbocycles. The monoisotopic (exact) mass is 299 g/mol. The Kier molecular flexibility index (Phi) is 4.08. The lowest BCUT2D eigenvalue weighted by molar-refractivity contribution is -0.0891. The van der Waals surface area contributed by atoms with Crippen LogP contribution in [0.25, 0.3) is 0 Å². The van der Waals surface area contributed by atoms with E-state index < -0.39 is 20.0 Å². The van der Waals surface area contributed by atoms with Crippen LogP contribution in [0.3, 0.4) is 0 Å². The number of aliphatic hydroxyl groups excluding tert-OH is 1. The van der Waals surface area contributed by atoms with Crippen LogP contribution in [0.4, 0.5) is 0 Å². The summed E-state index contributed by atoms with van der Waals surface area (Å²) >= 11 is 0. The molecule has 1 saturated carbocycles. The molecule has 0 spiro atoms. The van der Waals surface area contributed by atoms with Crippen LogP contribution >= 0.6 is 0 Å². The molecule has 0 saturated heterocycles. The summed E-state index contributed by atoms with van der Waals surface area (Å²) in [5.41, 5.74) is 0.578. The molecule has 0 amide bonds. The van der Waals surface area contributed by atoms with Crippen LogP contribution in [-0.2, 0) is 9.26 Å². The standard InChI is InChI=1S/C15H29NO3Si/c1-14(2,3)20(5,6)18-10-9-12-11-7-8-13(17)15(11,4)19-16-12/h11,13,17H,7-10H2,1-6H3/t11-,13-,15+/m0/s1. The Labute approximate surface area is 123 Å². The van der Waals surface area contributed by atoms with Crippen molar-refractivity contribution >= 4 is 14.0 Å². The van der Waals surface area contributed by atoms with E-state index in [9.17, 15) is 5.11 Å². The third-order valence-corrected chi connectivity index (χ3v) is 10.0. The Morgan fingerprint density at radius 1 is 1.40 bits per heavy atom. The normalized spacial score (nSPS) is 33.9. The van der Waals surface area contributed by atoms with Crippen molar-refractivity contribution in [2.24, 2.45) is 11.1 Å². The molecule has 1 aliphatic heterocycles. The lowest BCUT2D eigenvalue weighted by Gasteiger charge is -2.36. The highest BCUT2D eigenvalue weighted by molar-refractivity contribution is 6.74. The second-order valence-corrected chi connectivity index (χ2v) is 12.7. The van der Waals surface area contributed by atoms with Gasteiger partial charge in [0.25, 0.3) is 0 Å². The molecule has 4 nitrogen and oxygen atoms in total. The van der Waals surface area contributed by atoms with Crippen LogP contribution in [0.5, 0.6) is 0 Å². The van der Waals surface area contributed by atoms with Gasteiger partial charge in [-0.25, -0.2) is 0 Å². The number of hydrogen-bond donors (Lipinski definition) is 1. The van der Waals surface area contributed by atoms with Gasteiger partial charge in [-0.3, -0.25) is 0 Å². The quantitative estimate of drug-likeness (QED) is 0.810. The van der Waals surface area contributed by atoms with Crippen LogP contribution in [0.15, 0.2) is 5.16 Å². The molecule has 5 heteroatoms. The van der Waals surface area contributed by atoms with Gasteiger partial charge in [0.2, 0.25) is 0 Å². The van der Waals surface area contributed by atoms with Crippen molar-refractivity contribution in [2.75, 3.05) is 6.61 Å². The summed E-state index contributed by atoms with van der Waals surface area (Å²) in [6, 6.07) is 0. The first kappa shape index (κ1) is 16.0. The third-order valence-electron chi connectivity index (χ3n) is 5.47. The molecule has 0 unspecified atom stereocenters. The van der Waals surface area contributed by atoms with Gasteiger partial charge in [-0.2, -0.15) is 0 Å². The summed E-state index contributed by atoms with van der Waals surface area (Å²) in [5, 5.41) is 14.5. The maximum atomic E-state index is 10.0. The van der Waals surface area contributed by atoms with Gasteiger partial charge in [0.1, 0.15) is 0 Å². The maximum Gasteiger partial charge on any atom is 0.191 e. The van der Waals surface area contributed by atoms with Crippen molar-refractivity contribution < 1.29 is 14.4 Å². The number of fused-ring (bicyclic) bond motifs is 1. The van der Waals surface area contributed by atoms with Gasteiger partial charge in [0.15, 0.2) is 13.9 Å². The molecular formula is C15H29NO3Si. The summed E-state index contributed by atoms with van der Waals surface area (Å²) in [5.74, 6) is 0.264. The molecule has 2 aliphatic rings. The van der Waals surface area contributed by atoms with Gasteiger partial charge in [0, 0.05) is 18.9 Å². The van der Waals surface area contributed by atoms with Crippen LogP contribution in [0.1, 0.15) is 47.0 Å². The van der Waals surface area contributed by atoms with E-state index in [4.69, 9.17) is 9.26 Å². The van der Waals surface area contributed by atoms with Crippen LogP contribution in [0.2, 0.25) is 18.1 Å². The molecule has 1 heterocycles. The molecule has 0 aromatic heterocycles. The molecule has 20 heavy (non-hydrogen) atoms. The Bertz CT molecular complexity index is 402. The van der Waals surface area contributed by atoms with E-state index in [2.05, 4.69) is 39.0 Å². The summed E-state index contributed by atoms with van der Waals surface area (Å²) in [7, 11) is -1.69. The van der Waals surface area contributed by atoms with Crippen LogP contribution in [0, 0.1) is 5.92 Å². The van der Waals surface area contributed by atoms with Crippen molar-refractivity contribution in [1.82, 2.24) is 0 Å². The van der Waals surface area contributed by atoms with E-state index >= 15 is 0 Å². The van der Waals surface area contributed by atoms with E-state index in [-0.39, 0.29) is 11.0 Å². The van der Waals surface area contributed by atoms with E-state index in [1.54, 1.807) is 0 Å². The first-order valence-electron chi connectivity index (χ1n) is 7.65. The Hall–Kier alpha value is -0.393. The first-order chi connectivity index (χ1) is 9.08. The maximum absolute atomic E-state index is 10.0. The summed E-state index contributed by atoms with van der Waals surface area (Å²) < 4.78 is 6.20. The smallest absolute Gasteiger partial charge is 0.191 e. The zero-order valence-electron chi connectivity index (χ0n) is 13.7. The molecule has 0 aromatic carbocycles. The molecule has 2 rings (SSSR count). The highest BCUT2D eigenvalue weighted by Crippen LogP contribution is 2.44. The van der Waals surface area contributed by atoms with E-state index in [0.29, 0.717) is 6.61 Å². The van der Waals surface area contributed by atoms with Gasteiger partial charge < -0.3 is 14.4 Å². The summed E-state index contributed by atoms with van der Waals surface area (Å²) in [4.78, 5) is 5.53. The molecule has 0 aromatic rings. The van der Waals surface area contributed by atoms with Gasteiger partial charge in [-0.05, 0) is 37.9 Å². The average Bonchev–Trinajstić information content (AvgIpc) is 2.77. The fraction of sp³-hybridized carbons (Fsp3) is 0.933. The van der Waals surface area contributed by atoms with E-state index in [1.807, 2.05) is 6.92 Å². The molecule has 1 fully saturated rings. The van der Waals surface area contributed by atoms with Crippen molar-refractivity contribution in [2.45, 2.75) is 76.8 Å². The zero-order chi connectivity index (χ0) is 15.2. The minimum absolute atomic E-state index is 0.235. The van der Waals surface area contributed by atoms with Gasteiger partial charge >= 0.3 is 0 Å². The predicted octanol–water partition coefficient (Wildman–Crippen LogP) is 3.31. The molecule has 0 radical (unpaired) electrons. The van der Waals surface area contributed by atoms with E-state index in [1.165, 1.54) is 0 Å². The lowest BCUT2D eigenvalue weighted by Crippen LogP contribution is -2.42. The zero-order valence-corrected chi connectivity index (χ0v) is 14.7. The lowest BCUT2D eigenvalue weighted by atomic mass is 9.87.